The van der Waals surface area contributed by atoms with Crippen LogP contribution in [0.2, 0.25) is 0 Å². The molecule has 0 aromatic heterocycles. The molecule has 2 N–H and O–H groups in total. The lowest BCUT2D eigenvalue weighted by Crippen LogP contribution is -2.52. The van der Waals surface area contributed by atoms with Gasteiger partial charge in [0.2, 0.25) is 5.91 Å². The Morgan fingerprint density at radius 2 is 1.65 bits per heavy atom. The van der Waals surface area contributed by atoms with Gasteiger partial charge in [-0.25, -0.2) is 9.59 Å². The molecule has 7 nitrogen and oxygen atoms in total. The zero-order chi connectivity index (χ0) is 13.6. The molecular formula is C10H15NO6. The van der Waals surface area contributed by atoms with E-state index in [2.05, 4.69) is 21.4 Å². The molecule has 1 amide bonds. The molecule has 17 heavy (non-hydrogen) atoms. The first kappa shape index (κ1) is 15.1. The molecular weight excluding hydrogens is 230 g/mol. The van der Waals surface area contributed by atoms with E-state index in [0.717, 1.165) is 14.2 Å². The number of rotatable bonds is 5. The highest BCUT2D eigenvalue weighted by atomic mass is 16.5. The van der Waals surface area contributed by atoms with Gasteiger partial charge in [0.15, 0.2) is 12.1 Å². The van der Waals surface area contributed by atoms with E-state index in [1.165, 1.54) is 6.92 Å². The second kappa shape index (κ2) is 6.64. The van der Waals surface area contributed by atoms with Crippen LogP contribution in [0.5, 0.6) is 0 Å². The summed E-state index contributed by atoms with van der Waals surface area (Å²) < 4.78 is 8.62. The third-order valence-corrected chi connectivity index (χ3v) is 1.89. The van der Waals surface area contributed by atoms with E-state index >= 15 is 0 Å². The van der Waals surface area contributed by atoms with E-state index in [0.29, 0.717) is 0 Å². The Labute approximate surface area is 98.4 Å². The predicted molar refractivity (Wildman–Crippen MR) is 56.8 cm³/mol. The van der Waals surface area contributed by atoms with Gasteiger partial charge in [-0.05, 0) is 6.92 Å². The largest absolute Gasteiger partial charge is 0.467 e. The average Bonchev–Trinajstić information content (AvgIpc) is 2.32. The minimum Gasteiger partial charge on any atom is -0.467 e. The molecule has 0 rings (SSSR count). The number of methoxy groups -OCH3 is 2. The molecule has 0 saturated heterocycles. The Kier molecular flexibility index (Phi) is 5.90. The number of nitrogens with one attached hydrogen (secondary N) is 1. The van der Waals surface area contributed by atoms with Gasteiger partial charge in [0.05, 0.1) is 14.2 Å². The maximum absolute atomic E-state index is 11.3. The average molecular weight is 245 g/mol. The topological polar surface area (TPSA) is 102 Å². The molecule has 7 heteroatoms. The van der Waals surface area contributed by atoms with Crippen LogP contribution in [0.3, 0.4) is 0 Å². The Hall–Kier alpha value is -1.89. The van der Waals surface area contributed by atoms with Crippen molar-refractivity contribution in [3.05, 3.63) is 12.2 Å². The highest BCUT2D eigenvalue weighted by molar-refractivity contribution is 5.97. The normalized spacial score (nSPS) is 13.2. The smallest absolute Gasteiger partial charge is 0.337 e. The number of hydrogen-bond acceptors (Lipinski definition) is 6. The number of carbonyl (C=O) groups is 3. The maximum Gasteiger partial charge on any atom is 0.337 e. The number of ether oxygens (including phenoxy) is 2. The summed E-state index contributed by atoms with van der Waals surface area (Å²) in [5, 5.41) is 11.6. The molecule has 0 heterocycles. The third-order valence-electron chi connectivity index (χ3n) is 1.89. The van der Waals surface area contributed by atoms with Gasteiger partial charge in [-0.1, -0.05) is 6.58 Å². The van der Waals surface area contributed by atoms with Crippen LogP contribution in [0.15, 0.2) is 12.2 Å². The van der Waals surface area contributed by atoms with E-state index in [4.69, 9.17) is 0 Å². The first-order chi connectivity index (χ1) is 7.84. The Morgan fingerprint density at radius 3 is 2.00 bits per heavy atom. The molecule has 0 aliphatic heterocycles. The van der Waals surface area contributed by atoms with E-state index in [1.807, 2.05) is 0 Å². The minimum absolute atomic E-state index is 0.121. The quantitative estimate of drug-likeness (QED) is 0.463. The Bertz CT molecular complexity index is 338. The lowest BCUT2D eigenvalue weighted by molar-refractivity contribution is -0.160. The Morgan fingerprint density at radius 1 is 1.18 bits per heavy atom. The van der Waals surface area contributed by atoms with E-state index in [1.54, 1.807) is 0 Å². The number of amides is 1. The first-order valence-corrected chi connectivity index (χ1v) is 4.65. The molecule has 0 aliphatic carbocycles. The Balaban J connectivity index is 4.89. The van der Waals surface area contributed by atoms with Gasteiger partial charge in [-0.3, -0.25) is 4.79 Å². The van der Waals surface area contributed by atoms with Gasteiger partial charge in [-0.15, -0.1) is 0 Å². The molecule has 0 spiro atoms. The SMILES string of the molecule is C=C(C)C(=O)N[C@H](C(=O)OC)[C@H](O)C(=O)OC. The molecule has 0 aromatic rings. The fourth-order valence-electron chi connectivity index (χ4n) is 0.915. The third kappa shape index (κ3) is 4.23. The lowest BCUT2D eigenvalue weighted by Gasteiger charge is -2.20. The van der Waals surface area contributed by atoms with E-state index < -0.39 is 30.0 Å². The maximum atomic E-state index is 11.3. The van der Waals surface area contributed by atoms with Crippen LogP contribution < -0.4 is 5.32 Å². The molecule has 0 aliphatic rings. The second-order valence-electron chi connectivity index (χ2n) is 3.22. The highest BCUT2D eigenvalue weighted by Gasteiger charge is 2.35. The molecule has 0 saturated carbocycles. The van der Waals surface area contributed by atoms with Gasteiger partial charge in [0.25, 0.3) is 0 Å². The van der Waals surface area contributed by atoms with Crippen LogP contribution in [0, 0.1) is 0 Å². The van der Waals surface area contributed by atoms with Gasteiger partial charge in [-0.2, -0.15) is 0 Å². The van der Waals surface area contributed by atoms with Crippen LogP contribution in [0.1, 0.15) is 6.92 Å². The van der Waals surface area contributed by atoms with Crippen molar-refractivity contribution < 1.29 is 29.0 Å². The van der Waals surface area contributed by atoms with Crippen LogP contribution >= 0.6 is 0 Å². The number of esters is 2. The molecule has 0 bridgehead atoms. The molecule has 2 atom stereocenters. The first-order valence-electron chi connectivity index (χ1n) is 4.65. The van der Waals surface area contributed by atoms with Crippen molar-refractivity contribution in [2.24, 2.45) is 0 Å². The highest BCUT2D eigenvalue weighted by Crippen LogP contribution is 2.01. The summed E-state index contributed by atoms with van der Waals surface area (Å²) in [7, 11) is 2.10. The zero-order valence-electron chi connectivity index (χ0n) is 9.85. The molecule has 96 valence electrons. The summed E-state index contributed by atoms with van der Waals surface area (Å²) in [6.45, 7) is 4.77. The summed E-state index contributed by atoms with van der Waals surface area (Å²) >= 11 is 0. The van der Waals surface area contributed by atoms with Crippen molar-refractivity contribution in [2.75, 3.05) is 14.2 Å². The lowest BCUT2D eigenvalue weighted by atomic mass is 10.1. The van der Waals surface area contributed by atoms with E-state index in [-0.39, 0.29) is 5.57 Å². The fourth-order valence-corrected chi connectivity index (χ4v) is 0.915. The van der Waals surface area contributed by atoms with Gasteiger partial charge < -0.3 is 19.9 Å². The number of aliphatic hydroxyl groups is 1. The summed E-state index contributed by atoms with van der Waals surface area (Å²) in [5.41, 5.74) is 0.121. The molecule has 0 aromatic carbocycles. The van der Waals surface area contributed by atoms with E-state index in [9.17, 15) is 19.5 Å². The number of hydrogen-bond donors (Lipinski definition) is 2. The van der Waals surface area contributed by atoms with Crippen molar-refractivity contribution in [2.45, 2.75) is 19.1 Å². The van der Waals surface area contributed by atoms with Gasteiger partial charge in [0.1, 0.15) is 0 Å². The van der Waals surface area contributed by atoms with Gasteiger partial charge in [0, 0.05) is 5.57 Å². The molecule has 0 fully saturated rings. The number of aliphatic hydroxyl groups excluding tert-OH is 1. The summed E-state index contributed by atoms with van der Waals surface area (Å²) in [4.78, 5) is 33.7. The van der Waals surface area contributed by atoms with Crippen LogP contribution in [-0.2, 0) is 23.9 Å². The summed E-state index contributed by atoms with van der Waals surface area (Å²) in [5.74, 6) is -2.69. The van der Waals surface area contributed by atoms with Crippen molar-refractivity contribution in [3.8, 4) is 0 Å². The van der Waals surface area contributed by atoms with Gasteiger partial charge >= 0.3 is 11.9 Å². The predicted octanol–water partition coefficient (Wildman–Crippen LogP) is -1.25. The molecule has 0 unspecified atom stereocenters. The summed E-state index contributed by atoms with van der Waals surface area (Å²) in [6, 6.07) is -1.53. The monoisotopic (exact) mass is 245 g/mol. The van der Waals surface area contributed by atoms with Crippen molar-refractivity contribution in [1.29, 1.82) is 0 Å². The van der Waals surface area contributed by atoms with Crippen LogP contribution in [0.4, 0.5) is 0 Å². The van der Waals surface area contributed by atoms with Crippen molar-refractivity contribution in [3.63, 3.8) is 0 Å². The van der Waals surface area contributed by atoms with Crippen molar-refractivity contribution in [1.82, 2.24) is 5.32 Å². The standard InChI is InChI=1S/C10H15NO6/c1-5(2)8(13)11-6(9(14)16-3)7(12)10(15)17-4/h6-7,12H,1H2,2-4H3,(H,11,13)/t6-,7-/m0/s1. The van der Waals surface area contributed by atoms with Crippen LogP contribution in [-0.4, -0.2) is 49.3 Å². The fraction of sp³-hybridized carbons (Fsp3) is 0.500. The van der Waals surface area contributed by atoms with Crippen molar-refractivity contribution >= 4 is 17.8 Å². The minimum atomic E-state index is -1.84. The zero-order valence-corrected chi connectivity index (χ0v) is 9.85. The number of carbonyl (C=O) groups excluding carboxylic acids is 3. The second-order valence-corrected chi connectivity index (χ2v) is 3.22. The molecule has 0 radical (unpaired) electrons. The summed E-state index contributed by atoms with van der Waals surface area (Å²) in [6.07, 6.45) is -1.84. The van der Waals surface area contributed by atoms with Crippen LogP contribution in [0.25, 0.3) is 0 Å².